The Balaban J connectivity index is 2.24. The Kier molecular flexibility index (Phi) is 4.38. The van der Waals surface area contributed by atoms with Crippen molar-refractivity contribution in [2.24, 2.45) is 0 Å². The summed E-state index contributed by atoms with van der Waals surface area (Å²) in [6, 6.07) is 12.1. The summed E-state index contributed by atoms with van der Waals surface area (Å²) in [5.41, 5.74) is 1.14. The van der Waals surface area contributed by atoms with E-state index in [4.69, 9.17) is 11.6 Å². The van der Waals surface area contributed by atoms with Crippen molar-refractivity contribution in [2.45, 2.75) is 12.5 Å². The van der Waals surface area contributed by atoms with Crippen LogP contribution in [0.15, 0.2) is 46.9 Å². The van der Waals surface area contributed by atoms with Gasteiger partial charge < -0.3 is 5.11 Å². The lowest BCUT2D eigenvalue weighted by molar-refractivity contribution is 0.176. The van der Waals surface area contributed by atoms with Crippen LogP contribution in [0.1, 0.15) is 17.2 Å². The van der Waals surface area contributed by atoms with Crippen LogP contribution >= 0.6 is 27.5 Å². The molecule has 0 spiro atoms. The van der Waals surface area contributed by atoms with E-state index >= 15 is 0 Å². The normalized spacial score (nSPS) is 12.4. The van der Waals surface area contributed by atoms with Crippen LogP contribution in [-0.2, 0) is 6.42 Å². The van der Waals surface area contributed by atoms with E-state index in [1.165, 1.54) is 6.07 Å². The molecule has 2 rings (SSSR count). The molecule has 1 N–H and O–H groups in total. The van der Waals surface area contributed by atoms with E-state index in [-0.39, 0.29) is 11.4 Å². The van der Waals surface area contributed by atoms with Crippen LogP contribution in [0.2, 0.25) is 5.02 Å². The van der Waals surface area contributed by atoms with Gasteiger partial charge in [-0.05, 0) is 23.3 Å². The van der Waals surface area contributed by atoms with Crippen molar-refractivity contribution in [2.75, 3.05) is 0 Å². The van der Waals surface area contributed by atoms with Gasteiger partial charge in [-0.1, -0.05) is 57.9 Å². The van der Waals surface area contributed by atoms with Gasteiger partial charge in [-0.25, -0.2) is 4.39 Å². The minimum atomic E-state index is -0.770. The van der Waals surface area contributed by atoms with Crippen molar-refractivity contribution in [1.82, 2.24) is 0 Å². The molecule has 0 aliphatic rings. The van der Waals surface area contributed by atoms with E-state index < -0.39 is 11.9 Å². The fourth-order valence-electron chi connectivity index (χ4n) is 1.77. The van der Waals surface area contributed by atoms with E-state index in [1.807, 2.05) is 18.2 Å². The third kappa shape index (κ3) is 2.91. The molecule has 0 radical (unpaired) electrons. The quantitative estimate of drug-likeness (QED) is 0.878. The summed E-state index contributed by atoms with van der Waals surface area (Å²) in [5.74, 6) is -0.467. The maximum atomic E-state index is 13.7. The van der Waals surface area contributed by atoms with Gasteiger partial charge in [-0.3, -0.25) is 0 Å². The second kappa shape index (κ2) is 5.83. The first kappa shape index (κ1) is 13.5. The Bertz CT molecular complexity index is 559. The Morgan fingerprint density at radius 2 is 1.89 bits per heavy atom. The molecule has 0 bridgehead atoms. The Morgan fingerprint density at radius 3 is 2.61 bits per heavy atom. The van der Waals surface area contributed by atoms with Crippen LogP contribution in [0, 0.1) is 5.82 Å². The highest BCUT2D eigenvalue weighted by Crippen LogP contribution is 2.28. The van der Waals surface area contributed by atoms with Crippen molar-refractivity contribution in [3.63, 3.8) is 0 Å². The molecular formula is C14H11BrClFO. The number of hydrogen-bond acceptors (Lipinski definition) is 1. The largest absolute Gasteiger partial charge is 0.388 e. The molecule has 1 atom stereocenters. The van der Waals surface area contributed by atoms with Gasteiger partial charge in [0.05, 0.1) is 11.1 Å². The average molecular weight is 330 g/mol. The highest BCUT2D eigenvalue weighted by Gasteiger charge is 2.15. The molecule has 0 aliphatic carbocycles. The van der Waals surface area contributed by atoms with Crippen molar-refractivity contribution >= 4 is 27.5 Å². The van der Waals surface area contributed by atoms with E-state index in [2.05, 4.69) is 15.9 Å². The lowest BCUT2D eigenvalue weighted by Crippen LogP contribution is -2.04. The zero-order chi connectivity index (χ0) is 13.1. The monoisotopic (exact) mass is 328 g/mol. The van der Waals surface area contributed by atoms with Crippen LogP contribution < -0.4 is 0 Å². The highest BCUT2D eigenvalue weighted by molar-refractivity contribution is 9.10. The standard InChI is InChI=1S/C14H11BrClFO/c15-11-6-2-1-5-10(11)13(18)8-9-4-3-7-12(16)14(9)17/h1-7,13,18H,8H2. The number of hydrogen-bond donors (Lipinski definition) is 1. The molecule has 0 saturated heterocycles. The number of benzene rings is 2. The molecule has 1 nitrogen and oxygen atoms in total. The van der Waals surface area contributed by atoms with E-state index in [0.29, 0.717) is 5.56 Å². The van der Waals surface area contributed by atoms with Crippen LogP contribution in [0.3, 0.4) is 0 Å². The van der Waals surface area contributed by atoms with Crippen molar-refractivity contribution in [3.05, 3.63) is 68.9 Å². The van der Waals surface area contributed by atoms with Crippen LogP contribution in [-0.4, -0.2) is 5.11 Å². The lowest BCUT2D eigenvalue weighted by Gasteiger charge is -2.13. The van der Waals surface area contributed by atoms with Gasteiger partial charge in [-0.15, -0.1) is 0 Å². The fourth-order valence-corrected chi connectivity index (χ4v) is 2.51. The zero-order valence-electron chi connectivity index (χ0n) is 9.41. The van der Waals surface area contributed by atoms with E-state index in [0.717, 1.165) is 10.0 Å². The van der Waals surface area contributed by atoms with Gasteiger partial charge in [0.2, 0.25) is 0 Å². The zero-order valence-corrected chi connectivity index (χ0v) is 11.7. The predicted molar refractivity (Wildman–Crippen MR) is 74.2 cm³/mol. The topological polar surface area (TPSA) is 20.2 Å². The summed E-state index contributed by atoms with van der Waals surface area (Å²) in [6.07, 6.45) is -0.580. The molecule has 1 unspecified atom stereocenters. The fraction of sp³-hybridized carbons (Fsp3) is 0.143. The molecule has 0 aromatic heterocycles. The van der Waals surface area contributed by atoms with Crippen molar-refractivity contribution < 1.29 is 9.50 Å². The SMILES string of the molecule is OC(Cc1cccc(Cl)c1F)c1ccccc1Br. The first-order valence-corrected chi connectivity index (χ1v) is 6.62. The molecule has 18 heavy (non-hydrogen) atoms. The number of rotatable bonds is 3. The number of aliphatic hydroxyl groups is 1. The summed E-state index contributed by atoms with van der Waals surface area (Å²) >= 11 is 9.07. The van der Waals surface area contributed by atoms with E-state index in [1.54, 1.807) is 18.2 Å². The van der Waals surface area contributed by atoms with Crippen molar-refractivity contribution in [1.29, 1.82) is 0 Å². The molecular weight excluding hydrogens is 319 g/mol. The average Bonchev–Trinajstić information content (AvgIpc) is 2.35. The van der Waals surface area contributed by atoms with Crippen LogP contribution in [0.25, 0.3) is 0 Å². The van der Waals surface area contributed by atoms with Gasteiger partial charge in [0, 0.05) is 10.9 Å². The third-order valence-electron chi connectivity index (χ3n) is 2.71. The maximum Gasteiger partial charge on any atom is 0.145 e. The lowest BCUT2D eigenvalue weighted by atomic mass is 10.0. The molecule has 4 heteroatoms. The molecule has 94 valence electrons. The highest BCUT2D eigenvalue weighted by atomic mass is 79.9. The molecule has 2 aromatic rings. The second-order valence-electron chi connectivity index (χ2n) is 3.95. The summed E-state index contributed by atoms with van der Waals surface area (Å²) < 4.78 is 14.5. The minimum absolute atomic E-state index is 0.0758. The molecule has 2 aromatic carbocycles. The van der Waals surface area contributed by atoms with Gasteiger partial charge in [-0.2, -0.15) is 0 Å². The minimum Gasteiger partial charge on any atom is -0.388 e. The number of aliphatic hydroxyl groups excluding tert-OH is 1. The van der Waals surface area contributed by atoms with Gasteiger partial charge in [0.15, 0.2) is 0 Å². The Hall–Kier alpha value is -0.900. The summed E-state index contributed by atoms with van der Waals surface area (Å²) in [6.45, 7) is 0. The van der Waals surface area contributed by atoms with Crippen LogP contribution in [0.5, 0.6) is 0 Å². The summed E-state index contributed by atoms with van der Waals surface area (Å²) in [7, 11) is 0. The van der Waals surface area contributed by atoms with Gasteiger partial charge in [0.1, 0.15) is 5.82 Å². The predicted octanol–water partition coefficient (Wildman–Crippen LogP) is 4.52. The Morgan fingerprint density at radius 1 is 1.17 bits per heavy atom. The first-order chi connectivity index (χ1) is 8.59. The molecule has 0 saturated carbocycles. The van der Waals surface area contributed by atoms with Crippen LogP contribution in [0.4, 0.5) is 4.39 Å². The molecule has 0 aliphatic heterocycles. The van der Waals surface area contributed by atoms with E-state index in [9.17, 15) is 9.50 Å². The Labute approximate surface area is 118 Å². The molecule has 0 heterocycles. The molecule has 0 amide bonds. The van der Waals surface area contributed by atoms with Gasteiger partial charge >= 0.3 is 0 Å². The number of halogens is 3. The third-order valence-corrected chi connectivity index (χ3v) is 3.72. The summed E-state index contributed by atoms with van der Waals surface area (Å²) in [5, 5.41) is 10.2. The maximum absolute atomic E-state index is 13.7. The van der Waals surface area contributed by atoms with Gasteiger partial charge in [0.25, 0.3) is 0 Å². The molecule has 0 fully saturated rings. The van der Waals surface area contributed by atoms with Crippen molar-refractivity contribution in [3.8, 4) is 0 Å². The first-order valence-electron chi connectivity index (χ1n) is 5.45. The summed E-state index contributed by atoms with van der Waals surface area (Å²) in [4.78, 5) is 0. The smallest absolute Gasteiger partial charge is 0.145 e. The second-order valence-corrected chi connectivity index (χ2v) is 5.22.